The standard InChI is InChI=1S/C33H34F3N3O5/c1-38-17-25(31(40)41)23-9-8-22(14-27(23)38)39-12-10-32(11-13-39)15-20(16-32)18-42-19-26-29(37-44-30(26)21-6-7-21)24-4-2-3-5-28(24)43-33(34,35)36/h2-5,8-9,14,17,20-21H,6-7,10-13,15-16,18-19H2,1H3,(H,40,41). The van der Waals surface area contributed by atoms with Gasteiger partial charge in [0.05, 0.1) is 17.7 Å². The number of halogens is 3. The number of carboxylic acids is 1. The summed E-state index contributed by atoms with van der Waals surface area (Å²) in [6.45, 7) is 2.71. The van der Waals surface area contributed by atoms with Crippen molar-refractivity contribution in [2.75, 3.05) is 24.6 Å². The van der Waals surface area contributed by atoms with Crippen LogP contribution in [0, 0.1) is 11.3 Å². The van der Waals surface area contributed by atoms with E-state index in [-0.39, 0.29) is 23.8 Å². The van der Waals surface area contributed by atoms with E-state index in [0.29, 0.717) is 40.5 Å². The van der Waals surface area contributed by atoms with Crippen molar-refractivity contribution in [3.05, 3.63) is 65.5 Å². The fraction of sp³-hybridized carbons (Fsp3) is 0.455. The van der Waals surface area contributed by atoms with Gasteiger partial charge in [-0.2, -0.15) is 0 Å². The minimum Gasteiger partial charge on any atom is -0.478 e. The summed E-state index contributed by atoms with van der Waals surface area (Å²) in [6.07, 6.45) is 3.14. The summed E-state index contributed by atoms with van der Waals surface area (Å²) in [5.74, 6) is 0.135. The molecule has 0 amide bonds. The van der Waals surface area contributed by atoms with Gasteiger partial charge in [-0.3, -0.25) is 0 Å². The molecule has 0 radical (unpaired) electrons. The van der Waals surface area contributed by atoms with Crippen molar-refractivity contribution < 1.29 is 37.1 Å². The molecular weight excluding hydrogens is 575 g/mol. The van der Waals surface area contributed by atoms with E-state index in [0.717, 1.165) is 68.2 Å². The Morgan fingerprint density at radius 3 is 2.59 bits per heavy atom. The monoisotopic (exact) mass is 609 g/mol. The molecule has 1 saturated heterocycles. The Labute approximate surface area is 252 Å². The Hall–Kier alpha value is -3.99. The Balaban J connectivity index is 0.957. The lowest BCUT2D eigenvalue weighted by Gasteiger charge is -2.52. The Bertz CT molecular complexity index is 1690. The minimum absolute atomic E-state index is 0.226. The van der Waals surface area contributed by atoms with Crippen LogP contribution in [0.3, 0.4) is 0 Å². The number of nitrogens with zero attached hydrogens (tertiary/aromatic N) is 3. The summed E-state index contributed by atoms with van der Waals surface area (Å²) in [6, 6.07) is 12.0. The molecule has 44 heavy (non-hydrogen) atoms. The molecule has 3 aliphatic rings. The van der Waals surface area contributed by atoms with Gasteiger partial charge in [0.1, 0.15) is 17.2 Å². The lowest BCUT2D eigenvalue weighted by atomic mass is 9.58. The minimum atomic E-state index is -4.81. The molecule has 0 atom stereocenters. The second-order valence-corrected chi connectivity index (χ2v) is 12.6. The van der Waals surface area contributed by atoms with Crippen molar-refractivity contribution in [2.45, 2.75) is 57.4 Å². The van der Waals surface area contributed by atoms with Gasteiger partial charge < -0.3 is 28.6 Å². The number of anilines is 1. The molecule has 4 aromatic rings. The van der Waals surface area contributed by atoms with Crippen LogP contribution >= 0.6 is 0 Å². The molecule has 2 aromatic carbocycles. The smallest absolute Gasteiger partial charge is 0.478 e. The van der Waals surface area contributed by atoms with Crippen LogP contribution in [0.2, 0.25) is 0 Å². The zero-order chi connectivity index (χ0) is 30.6. The van der Waals surface area contributed by atoms with Crippen LogP contribution in [0.1, 0.15) is 66.1 Å². The second-order valence-electron chi connectivity index (χ2n) is 12.6. The van der Waals surface area contributed by atoms with Crippen LogP contribution in [-0.2, 0) is 18.4 Å². The second kappa shape index (κ2) is 10.9. The summed E-state index contributed by atoms with van der Waals surface area (Å²) in [5.41, 5.74) is 3.95. The number of hydrogen-bond donors (Lipinski definition) is 1. The molecule has 1 N–H and O–H groups in total. The number of fused-ring (bicyclic) bond motifs is 1. The highest BCUT2D eigenvalue weighted by molar-refractivity contribution is 6.04. The van der Waals surface area contributed by atoms with E-state index in [1.54, 1.807) is 18.3 Å². The van der Waals surface area contributed by atoms with Gasteiger partial charge in [-0.15, -0.1) is 13.2 Å². The summed E-state index contributed by atoms with van der Waals surface area (Å²) in [5, 5.41) is 14.4. The number of aromatic carboxylic acids is 1. The number of carbonyl (C=O) groups is 1. The quantitative estimate of drug-likeness (QED) is 0.210. The Kier molecular flexibility index (Phi) is 7.10. The van der Waals surface area contributed by atoms with Gasteiger partial charge in [0.15, 0.2) is 0 Å². The molecule has 8 nitrogen and oxygen atoms in total. The van der Waals surface area contributed by atoms with E-state index < -0.39 is 12.3 Å². The van der Waals surface area contributed by atoms with Crippen LogP contribution in [0.25, 0.3) is 22.2 Å². The number of alkyl halides is 3. The van der Waals surface area contributed by atoms with E-state index in [1.165, 1.54) is 12.1 Å². The van der Waals surface area contributed by atoms with Crippen molar-refractivity contribution in [1.82, 2.24) is 9.72 Å². The zero-order valence-electron chi connectivity index (χ0n) is 24.4. The largest absolute Gasteiger partial charge is 0.573 e. The molecule has 1 aliphatic heterocycles. The first-order chi connectivity index (χ1) is 21.1. The number of carboxylic acid groups (broad SMARTS) is 1. The van der Waals surface area contributed by atoms with Crippen molar-refractivity contribution in [1.29, 1.82) is 0 Å². The van der Waals surface area contributed by atoms with Crippen LogP contribution in [0.4, 0.5) is 18.9 Å². The molecule has 0 bridgehead atoms. The van der Waals surface area contributed by atoms with Crippen molar-refractivity contribution >= 4 is 22.6 Å². The van der Waals surface area contributed by atoms with Gasteiger partial charge in [-0.25, -0.2) is 4.79 Å². The predicted octanol–water partition coefficient (Wildman–Crippen LogP) is 7.52. The normalized spacial score (nSPS) is 18.6. The van der Waals surface area contributed by atoms with E-state index in [4.69, 9.17) is 9.26 Å². The first-order valence-corrected chi connectivity index (χ1v) is 15.1. The van der Waals surface area contributed by atoms with Gasteiger partial charge >= 0.3 is 12.3 Å². The highest BCUT2D eigenvalue weighted by Crippen LogP contribution is 2.53. The van der Waals surface area contributed by atoms with Crippen LogP contribution in [-0.4, -0.2) is 46.9 Å². The number of piperidine rings is 1. The van der Waals surface area contributed by atoms with E-state index in [1.807, 2.05) is 23.7 Å². The number of aromatic nitrogens is 2. The lowest BCUT2D eigenvalue weighted by molar-refractivity contribution is -0.274. The van der Waals surface area contributed by atoms with Gasteiger partial charge in [0.25, 0.3) is 0 Å². The third kappa shape index (κ3) is 5.53. The van der Waals surface area contributed by atoms with Crippen molar-refractivity contribution in [3.8, 4) is 17.0 Å². The maximum absolute atomic E-state index is 13.1. The van der Waals surface area contributed by atoms with Gasteiger partial charge in [0.2, 0.25) is 0 Å². The molecule has 2 saturated carbocycles. The SMILES string of the molecule is Cn1cc(C(=O)O)c2ccc(N3CCC4(CC3)CC(COCc3c(-c5ccccc5OC(F)(F)F)noc3C3CC3)C4)cc21. The fourth-order valence-electron chi connectivity index (χ4n) is 7.21. The first-order valence-electron chi connectivity index (χ1n) is 15.1. The number of benzene rings is 2. The number of hydrogen-bond acceptors (Lipinski definition) is 6. The zero-order valence-corrected chi connectivity index (χ0v) is 24.4. The van der Waals surface area contributed by atoms with E-state index in [9.17, 15) is 23.1 Å². The van der Waals surface area contributed by atoms with Gasteiger partial charge in [-0.1, -0.05) is 17.3 Å². The highest BCUT2D eigenvalue weighted by atomic mass is 19.4. The number of rotatable bonds is 9. The maximum atomic E-state index is 13.1. The summed E-state index contributed by atoms with van der Waals surface area (Å²) < 4.78 is 57.2. The molecule has 1 spiro atoms. The van der Waals surface area contributed by atoms with E-state index >= 15 is 0 Å². The number of para-hydroxylation sites is 1. The lowest BCUT2D eigenvalue weighted by Crippen LogP contribution is -2.48. The van der Waals surface area contributed by atoms with Crippen LogP contribution in [0.5, 0.6) is 5.75 Å². The molecule has 3 heterocycles. The molecule has 2 aromatic heterocycles. The third-order valence-electron chi connectivity index (χ3n) is 9.57. The summed E-state index contributed by atoms with van der Waals surface area (Å²) >= 11 is 0. The number of aryl methyl sites for hydroxylation is 1. The third-order valence-corrected chi connectivity index (χ3v) is 9.57. The van der Waals surface area contributed by atoms with E-state index in [2.05, 4.69) is 20.9 Å². The Morgan fingerprint density at radius 1 is 1.14 bits per heavy atom. The van der Waals surface area contributed by atoms with Gasteiger partial charge in [-0.05, 0) is 80.2 Å². The Morgan fingerprint density at radius 2 is 1.89 bits per heavy atom. The van der Waals surface area contributed by atoms with Crippen LogP contribution < -0.4 is 9.64 Å². The molecule has 7 rings (SSSR count). The van der Waals surface area contributed by atoms with Gasteiger partial charge in [0, 0.05) is 61.1 Å². The van der Waals surface area contributed by atoms with Crippen molar-refractivity contribution in [2.24, 2.45) is 18.4 Å². The van der Waals surface area contributed by atoms with Crippen molar-refractivity contribution in [3.63, 3.8) is 0 Å². The summed E-state index contributed by atoms with van der Waals surface area (Å²) in [4.78, 5) is 14.0. The summed E-state index contributed by atoms with van der Waals surface area (Å²) in [7, 11) is 1.87. The average molecular weight is 610 g/mol. The predicted molar refractivity (Wildman–Crippen MR) is 157 cm³/mol. The average Bonchev–Trinajstić information content (AvgIpc) is 3.65. The molecule has 232 valence electrons. The molecule has 3 fully saturated rings. The molecule has 0 unspecified atom stereocenters. The fourth-order valence-corrected chi connectivity index (χ4v) is 7.21. The number of ether oxygens (including phenoxy) is 2. The molecular formula is C33H34F3N3O5. The topological polar surface area (TPSA) is 90.0 Å². The first kappa shape index (κ1) is 28.8. The molecule has 2 aliphatic carbocycles. The maximum Gasteiger partial charge on any atom is 0.573 e. The van der Waals surface area contributed by atoms with Crippen LogP contribution in [0.15, 0.2) is 53.2 Å². The highest BCUT2D eigenvalue weighted by Gasteiger charge is 2.46. The molecule has 11 heteroatoms.